The number of amides is 1. The average Bonchev–Trinajstić information content (AvgIpc) is 3.70. The number of hydrogen-bond acceptors (Lipinski definition) is 9. The molecular formula is C25H29F2N7NaO6PS. The summed E-state index contributed by atoms with van der Waals surface area (Å²) in [6, 6.07) is 1.83. The van der Waals surface area contributed by atoms with Crippen LogP contribution >= 0.6 is 19.2 Å². The van der Waals surface area contributed by atoms with Crippen molar-refractivity contribution in [3.05, 3.63) is 53.6 Å². The molecule has 0 bridgehead atoms. The van der Waals surface area contributed by atoms with Crippen molar-refractivity contribution in [2.45, 2.75) is 57.9 Å². The van der Waals surface area contributed by atoms with Gasteiger partial charge in [0.25, 0.3) is 5.91 Å². The van der Waals surface area contributed by atoms with Crippen molar-refractivity contribution >= 4 is 60.3 Å². The zero-order valence-corrected chi connectivity index (χ0v) is 24.3. The molecule has 1 aliphatic carbocycles. The molecule has 1 aliphatic rings. The summed E-state index contributed by atoms with van der Waals surface area (Å²) >= 11 is 1.14. The second-order valence-corrected chi connectivity index (χ2v) is 11.7. The first-order valence-electron chi connectivity index (χ1n) is 13.1. The summed E-state index contributed by atoms with van der Waals surface area (Å²) in [5, 5.41) is 13.2. The van der Waals surface area contributed by atoms with E-state index in [9.17, 15) is 18.1 Å². The van der Waals surface area contributed by atoms with Gasteiger partial charge < -0.3 is 19.8 Å². The molecule has 1 unspecified atom stereocenters. The number of phosphoric acid groups is 1. The van der Waals surface area contributed by atoms with Gasteiger partial charge in [0, 0.05) is 29.9 Å². The number of nitrogens with zero attached hydrogens (tertiary/aromatic N) is 6. The van der Waals surface area contributed by atoms with Gasteiger partial charge in [-0.05, 0) is 51.7 Å². The number of ether oxygens (including phenoxy) is 1. The van der Waals surface area contributed by atoms with Gasteiger partial charge in [0.15, 0.2) is 12.0 Å². The maximum atomic E-state index is 14.7. The van der Waals surface area contributed by atoms with Gasteiger partial charge in [0.2, 0.25) is 5.95 Å². The van der Waals surface area contributed by atoms with Crippen LogP contribution in [0.3, 0.4) is 0 Å². The molecule has 3 N–H and O–H groups in total. The zero-order chi connectivity index (χ0) is 30.0. The number of anilines is 1. The van der Waals surface area contributed by atoms with Gasteiger partial charge in [-0.3, -0.25) is 14.0 Å². The van der Waals surface area contributed by atoms with Gasteiger partial charge in [-0.15, -0.1) is 11.3 Å². The Balaban J connectivity index is 0.00000423. The minimum absolute atomic E-state index is 0. The van der Waals surface area contributed by atoms with E-state index in [1.54, 1.807) is 10.9 Å². The van der Waals surface area contributed by atoms with E-state index in [0.717, 1.165) is 49.2 Å². The van der Waals surface area contributed by atoms with Crippen LogP contribution in [0.15, 0.2) is 36.1 Å². The van der Waals surface area contributed by atoms with Crippen molar-refractivity contribution in [1.29, 1.82) is 0 Å². The molecule has 0 spiro atoms. The molecule has 4 heterocycles. The predicted octanol–water partition coefficient (Wildman–Crippen LogP) is 4.30. The molecule has 226 valence electrons. The maximum absolute atomic E-state index is 14.7. The minimum atomic E-state index is -4.73. The molecule has 13 nitrogen and oxygen atoms in total. The third kappa shape index (κ3) is 8.21. The Morgan fingerprint density at radius 1 is 1.19 bits per heavy atom. The molecule has 0 aliphatic heterocycles. The molecule has 1 atom stereocenters. The number of phosphoric ester groups is 1. The van der Waals surface area contributed by atoms with Crippen LogP contribution in [0, 0.1) is 11.8 Å². The number of carbonyl (C=O) groups excluding carboxylic acids is 1. The third-order valence-electron chi connectivity index (χ3n) is 6.68. The van der Waals surface area contributed by atoms with E-state index in [1.165, 1.54) is 29.4 Å². The topological polar surface area (TPSA) is 167 Å². The van der Waals surface area contributed by atoms with Gasteiger partial charge >= 0.3 is 37.4 Å². The van der Waals surface area contributed by atoms with E-state index in [0.29, 0.717) is 17.2 Å². The van der Waals surface area contributed by atoms with E-state index in [-0.39, 0.29) is 64.5 Å². The van der Waals surface area contributed by atoms with Gasteiger partial charge in [0.1, 0.15) is 22.1 Å². The van der Waals surface area contributed by atoms with Crippen LogP contribution in [0.4, 0.5) is 14.5 Å². The first-order chi connectivity index (χ1) is 20.0. The van der Waals surface area contributed by atoms with Crippen molar-refractivity contribution in [2.75, 3.05) is 11.9 Å². The quantitative estimate of drug-likeness (QED) is 0.128. The summed E-state index contributed by atoms with van der Waals surface area (Å²) in [6.07, 6.45) is 6.76. The van der Waals surface area contributed by atoms with Crippen LogP contribution < -0.4 is 5.32 Å². The molecule has 18 heteroatoms. The van der Waals surface area contributed by atoms with Crippen LogP contribution in [-0.4, -0.2) is 87.5 Å². The number of pyridine rings is 1. The molecule has 0 saturated heterocycles. The van der Waals surface area contributed by atoms with Crippen molar-refractivity contribution in [3.63, 3.8) is 0 Å². The van der Waals surface area contributed by atoms with E-state index in [1.807, 2.05) is 6.92 Å². The normalized spacial score (nSPS) is 17.8. The number of hydrogen-bond donors (Lipinski definition) is 3. The van der Waals surface area contributed by atoms with Crippen molar-refractivity contribution < 1.29 is 37.2 Å². The molecule has 4 aromatic rings. The summed E-state index contributed by atoms with van der Waals surface area (Å²) in [4.78, 5) is 39.3. The van der Waals surface area contributed by atoms with Gasteiger partial charge in [-0.2, -0.15) is 14.6 Å². The number of aromatic nitrogens is 6. The third-order valence-corrected chi connectivity index (χ3v) is 8.16. The first-order valence-corrected chi connectivity index (χ1v) is 15.5. The summed E-state index contributed by atoms with van der Waals surface area (Å²) < 4.78 is 53.1. The SMILES string of the molecule is CCO[C@H]1CC[C@H](n2cc(NC(=O)c3csc(-c4cnn(C(C)OP(=O)(O)O)c4)n3)c(-c3nc(F)ccc3F)n2)CC1.[NaH]. The van der Waals surface area contributed by atoms with Crippen LogP contribution in [0.2, 0.25) is 0 Å². The van der Waals surface area contributed by atoms with Gasteiger partial charge in [-0.25, -0.2) is 23.6 Å². The van der Waals surface area contributed by atoms with E-state index < -0.39 is 31.7 Å². The number of halogens is 2. The number of nitrogens with one attached hydrogen (secondary N) is 1. The van der Waals surface area contributed by atoms with E-state index in [4.69, 9.17) is 14.5 Å². The molecule has 43 heavy (non-hydrogen) atoms. The molecule has 4 aromatic heterocycles. The van der Waals surface area contributed by atoms with Crippen LogP contribution in [0.5, 0.6) is 0 Å². The van der Waals surface area contributed by atoms with Crippen LogP contribution in [-0.2, 0) is 13.8 Å². The summed E-state index contributed by atoms with van der Waals surface area (Å²) in [7, 11) is -4.73. The Morgan fingerprint density at radius 3 is 2.63 bits per heavy atom. The van der Waals surface area contributed by atoms with E-state index >= 15 is 0 Å². The Hall–Kier alpha value is -2.40. The fraction of sp³-hybridized carbons (Fsp3) is 0.400. The molecule has 0 aromatic carbocycles. The second-order valence-electron chi connectivity index (χ2n) is 9.62. The van der Waals surface area contributed by atoms with Gasteiger partial charge in [-0.1, -0.05) is 0 Å². The van der Waals surface area contributed by atoms with Crippen molar-refractivity contribution in [3.8, 4) is 22.0 Å². The van der Waals surface area contributed by atoms with E-state index in [2.05, 4.69) is 30.0 Å². The zero-order valence-electron chi connectivity index (χ0n) is 22.6. The summed E-state index contributed by atoms with van der Waals surface area (Å²) in [5.74, 6) is -2.29. The number of rotatable bonds is 10. The Morgan fingerprint density at radius 2 is 1.93 bits per heavy atom. The summed E-state index contributed by atoms with van der Waals surface area (Å²) in [5.41, 5.74) is 0.344. The van der Waals surface area contributed by atoms with Crippen LogP contribution in [0.25, 0.3) is 22.0 Å². The van der Waals surface area contributed by atoms with Crippen LogP contribution in [0.1, 0.15) is 62.3 Å². The first kappa shape index (κ1) is 33.5. The molecular weight excluding hydrogens is 618 g/mol. The fourth-order valence-corrected chi connectivity index (χ4v) is 6.00. The van der Waals surface area contributed by atoms with Crippen molar-refractivity contribution in [1.82, 2.24) is 29.5 Å². The summed E-state index contributed by atoms with van der Waals surface area (Å²) in [6.45, 7) is 3.99. The predicted molar refractivity (Wildman–Crippen MR) is 155 cm³/mol. The molecule has 1 amide bonds. The Bertz CT molecular complexity index is 1620. The van der Waals surface area contributed by atoms with Gasteiger partial charge in [0.05, 0.1) is 24.0 Å². The Kier molecular flexibility index (Phi) is 11.0. The Labute approximate surface area is 271 Å². The molecule has 1 saturated carbocycles. The van der Waals surface area contributed by atoms with Crippen molar-refractivity contribution in [2.24, 2.45) is 0 Å². The fourth-order valence-electron chi connectivity index (χ4n) is 4.73. The monoisotopic (exact) mass is 647 g/mol. The average molecular weight is 648 g/mol. The number of carbonyl (C=O) groups is 1. The molecule has 5 rings (SSSR count). The standard InChI is InChI=1S/C25H28F2N7O6PS.Na.H/c1-3-39-17-6-4-16(5-7-17)34-12-19(23(32-34)22-18(26)8-9-21(27)31-22)29-24(35)20-13-42-25(30-20)15-10-28-33(11-15)14(2)40-41(36,37)38;;/h8-14,16-17H,3-7H2,1-2H3,(H,29,35)(H2,36,37,38);;/t14?,16-,17-;;. The molecule has 0 radical (unpaired) electrons. The number of thiazole rings is 1. The molecule has 1 fully saturated rings. The second kappa shape index (κ2) is 14.1.